The molecule has 0 aromatic carbocycles. The number of nitrogens with one attached hydrogen (secondary N) is 1. The van der Waals surface area contributed by atoms with Crippen molar-refractivity contribution in [1.29, 1.82) is 0 Å². The van der Waals surface area contributed by atoms with Crippen LogP contribution in [0.5, 0.6) is 0 Å². The van der Waals surface area contributed by atoms with Crippen LogP contribution in [-0.2, 0) is 9.53 Å². The summed E-state index contributed by atoms with van der Waals surface area (Å²) in [6.07, 6.45) is 1.73. The standard InChI is InChI=1S/C9H16ClNO2/c1-7(10)8(12)11-9(2)3-5-13-6-4-9/h7H,3-6H2,1-2H3,(H,11,12). The maximum atomic E-state index is 11.3. The Hall–Kier alpha value is -0.280. The van der Waals surface area contributed by atoms with E-state index < -0.39 is 5.38 Å². The number of amides is 1. The van der Waals surface area contributed by atoms with Crippen molar-refractivity contribution in [3.8, 4) is 0 Å². The first kappa shape index (κ1) is 10.8. The predicted molar refractivity (Wildman–Crippen MR) is 51.9 cm³/mol. The van der Waals surface area contributed by atoms with E-state index >= 15 is 0 Å². The predicted octanol–water partition coefficient (Wildman–Crippen LogP) is 1.30. The molecule has 3 nitrogen and oxygen atoms in total. The smallest absolute Gasteiger partial charge is 0.238 e. The number of alkyl halides is 1. The zero-order valence-corrected chi connectivity index (χ0v) is 8.86. The average molecular weight is 206 g/mol. The molecule has 0 aliphatic carbocycles. The van der Waals surface area contributed by atoms with Crippen LogP contribution >= 0.6 is 11.6 Å². The third kappa shape index (κ3) is 3.16. The molecule has 1 saturated heterocycles. The van der Waals surface area contributed by atoms with Crippen molar-refractivity contribution in [1.82, 2.24) is 5.32 Å². The van der Waals surface area contributed by atoms with E-state index in [0.717, 1.165) is 12.8 Å². The topological polar surface area (TPSA) is 38.3 Å². The van der Waals surface area contributed by atoms with Crippen LogP contribution in [0.15, 0.2) is 0 Å². The second kappa shape index (κ2) is 4.29. The van der Waals surface area contributed by atoms with Gasteiger partial charge in [0.25, 0.3) is 0 Å². The molecule has 1 rings (SSSR count). The van der Waals surface area contributed by atoms with Crippen LogP contribution in [0.3, 0.4) is 0 Å². The van der Waals surface area contributed by atoms with Gasteiger partial charge < -0.3 is 10.1 Å². The molecule has 1 heterocycles. The Bertz CT molecular complexity index is 188. The van der Waals surface area contributed by atoms with Gasteiger partial charge in [-0.3, -0.25) is 4.79 Å². The van der Waals surface area contributed by atoms with Gasteiger partial charge in [0, 0.05) is 18.8 Å². The summed E-state index contributed by atoms with van der Waals surface area (Å²) in [7, 11) is 0. The molecule has 0 radical (unpaired) electrons. The Balaban J connectivity index is 2.45. The quantitative estimate of drug-likeness (QED) is 0.691. The normalized spacial score (nSPS) is 23.6. The van der Waals surface area contributed by atoms with Crippen LogP contribution in [0.2, 0.25) is 0 Å². The summed E-state index contributed by atoms with van der Waals surface area (Å²) >= 11 is 5.67. The number of hydrogen-bond donors (Lipinski definition) is 1. The van der Waals surface area contributed by atoms with Crippen molar-refractivity contribution in [2.75, 3.05) is 13.2 Å². The number of carbonyl (C=O) groups excluding carboxylic acids is 1. The van der Waals surface area contributed by atoms with E-state index in [1.165, 1.54) is 0 Å². The lowest BCUT2D eigenvalue weighted by molar-refractivity contribution is -0.123. The van der Waals surface area contributed by atoms with Gasteiger partial charge in [0.2, 0.25) is 5.91 Å². The minimum absolute atomic E-state index is 0.0916. The first-order valence-electron chi connectivity index (χ1n) is 4.57. The fourth-order valence-electron chi connectivity index (χ4n) is 1.34. The summed E-state index contributed by atoms with van der Waals surface area (Å²) < 4.78 is 5.22. The number of ether oxygens (including phenoxy) is 1. The van der Waals surface area contributed by atoms with Crippen LogP contribution < -0.4 is 5.32 Å². The summed E-state index contributed by atoms with van der Waals surface area (Å²) in [5, 5.41) is 2.49. The minimum Gasteiger partial charge on any atom is -0.381 e. The lowest BCUT2D eigenvalue weighted by Gasteiger charge is -2.34. The summed E-state index contributed by atoms with van der Waals surface area (Å²) in [5.74, 6) is -0.0916. The fourth-order valence-corrected chi connectivity index (χ4v) is 1.40. The van der Waals surface area contributed by atoms with E-state index in [1.807, 2.05) is 6.92 Å². The van der Waals surface area contributed by atoms with E-state index in [-0.39, 0.29) is 11.4 Å². The average Bonchev–Trinajstić information content (AvgIpc) is 2.04. The molecule has 1 atom stereocenters. The molecule has 1 aliphatic rings. The zero-order valence-electron chi connectivity index (χ0n) is 8.10. The van der Waals surface area contributed by atoms with Crippen molar-refractivity contribution in [3.05, 3.63) is 0 Å². The van der Waals surface area contributed by atoms with Crippen molar-refractivity contribution < 1.29 is 9.53 Å². The zero-order chi connectivity index (χ0) is 9.90. The highest BCUT2D eigenvalue weighted by Gasteiger charge is 2.29. The molecule has 0 aromatic rings. The highest BCUT2D eigenvalue weighted by molar-refractivity contribution is 6.30. The molecule has 0 saturated carbocycles. The number of hydrogen-bond acceptors (Lipinski definition) is 2. The van der Waals surface area contributed by atoms with E-state index in [9.17, 15) is 4.79 Å². The lowest BCUT2D eigenvalue weighted by atomic mass is 9.92. The first-order chi connectivity index (χ1) is 6.03. The fraction of sp³-hybridized carbons (Fsp3) is 0.889. The number of rotatable bonds is 2. The SMILES string of the molecule is CC(Cl)C(=O)NC1(C)CCOCC1. The summed E-state index contributed by atoms with van der Waals surface area (Å²) in [5.41, 5.74) is -0.127. The number of carbonyl (C=O) groups is 1. The Morgan fingerprint density at radius 3 is 2.54 bits per heavy atom. The molecule has 0 spiro atoms. The van der Waals surface area contributed by atoms with Crippen LogP contribution in [-0.4, -0.2) is 30.0 Å². The third-order valence-electron chi connectivity index (χ3n) is 2.38. The van der Waals surface area contributed by atoms with Gasteiger partial charge in [0.1, 0.15) is 5.38 Å². The minimum atomic E-state index is -0.459. The Kier molecular flexibility index (Phi) is 3.56. The largest absolute Gasteiger partial charge is 0.381 e. The van der Waals surface area contributed by atoms with Crippen LogP contribution in [0.4, 0.5) is 0 Å². The monoisotopic (exact) mass is 205 g/mol. The molecule has 0 bridgehead atoms. The van der Waals surface area contributed by atoms with Gasteiger partial charge in [-0.1, -0.05) is 0 Å². The molecular weight excluding hydrogens is 190 g/mol. The molecule has 4 heteroatoms. The molecule has 1 amide bonds. The Morgan fingerprint density at radius 1 is 1.54 bits per heavy atom. The van der Waals surface area contributed by atoms with Crippen molar-refractivity contribution >= 4 is 17.5 Å². The molecular formula is C9H16ClNO2. The van der Waals surface area contributed by atoms with E-state index in [1.54, 1.807) is 6.92 Å². The van der Waals surface area contributed by atoms with Crippen molar-refractivity contribution in [2.45, 2.75) is 37.6 Å². The molecule has 1 aliphatic heterocycles. The molecule has 1 fully saturated rings. The second-order valence-electron chi connectivity index (χ2n) is 3.78. The van der Waals surface area contributed by atoms with Crippen molar-refractivity contribution in [2.24, 2.45) is 0 Å². The van der Waals surface area contributed by atoms with E-state index in [0.29, 0.717) is 13.2 Å². The highest BCUT2D eigenvalue weighted by atomic mass is 35.5. The lowest BCUT2D eigenvalue weighted by Crippen LogP contribution is -2.51. The molecule has 13 heavy (non-hydrogen) atoms. The van der Waals surface area contributed by atoms with Gasteiger partial charge in [-0.2, -0.15) is 0 Å². The van der Waals surface area contributed by atoms with Gasteiger partial charge in [-0.25, -0.2) is 0 Å². The third-order valence-corrected chi connectivity index (χ3v) is 2.58. The molecule has 0 aromatic heterocycles. The van der Waals surface area contributed by atoms with Gasteiger partial charge in [0.05, 0.1) is 0 Å². The highest BCUT2D eigenvalue weighted by Crippen LogP contribution is 2.19. The van der Waals surface area contributed by atoms with Gasteiger partial charge in [-0.05, 0) is 26.7 Å². The summed E-state index contributed by atoms with van der Waals surface area (Å²) in [6, 6.07) is 0. The van der Waals surface area contributed by atoms with E-state index in [2.05, 4.69) is 5.32 Å². The van der Waals surface area contributed by atoms with E-state index in [4.69, 9.17) is 16.3 Å². The molecule has 1 N–H and O–H groups in total. The number of halogens is 1. The van der Waals surface area contributed by atoms with Crippen LogP contribution in [0.1, 0.15) is 26.7 Å². The van der Waals surface area contributed by atoms with Crippen molar-refractivity contribution in [3.63, 3.8) is 0 Å². The van der Waals surface area contributed by atoms with Gasteiger partial charge in [0.15, 0.2) is 0 Å². The Labute approximate surface area is 83.8 Å². The Morgan fingerprint density at radius 2 is 2.08 bits per heavy atom. The summed E-state index contributed by atoms with van der Waals surface area (Å²) in [6.45, 7) is 5.15. The molecule has 1 unspecified atom stereocenters. The maximum Gasteiger partial charge on any atom is 0.238 e. The van der Waals surface area contributed by atoms with Crippen LogP contribution in [0, 0.1) is 0 Å². The van der Waals surface area contributed by atoms with Crippen LogP contribution in [0.25, 0.3) is 0 Å². The maximum absolute atomic E-state index is 11.3. The summed E-state index contributed by atoms with van der Waals surface area (Å²) in [4.78, 5) is 11.3. The van der Waals surface area contributed by atoms with Gasteiger partial charge >= 0.3 is 0 Å². The first-order valence-corrected chi connectivity index (χ1v) is 5.01. The van der Waals surface area contributed by atoms with Gasteiger partial charge in [-0.15, -0.1) is 11.6 Å². The second-order valence-corrected chi connectivity index (χ2v) is 4.43. The molecule has 76 valence electrons.